The van der Waals surface area contributed by atoms with Gasteiger partial charge in [-0.05, 0) is 74.4 Å². The van der Waals surface area contributed by atoms with Crippen LogP contribution in [0.3, 0.4) is 0 Å². The van der Waals surface area contributed by atoms with Crippen molar-refractivity contribution in [2.75, 3.05) is 65.5 Å². The molecule has 5 N–H and O–H groups in total. The zero-order chi connectivity index (χ0) is 45.9. The number of para-hydroxylation sites is 1. The predicted molar refractivity (Wildman–Crippen MR) is 240 cm³/mol. The van der Waals surface area contributed by atoms with Crippen molar-refractivity contribution in [2.45, 2.75) is 104 Å². The summed E-state index contributed by atoms with van der Waals surface area (Å²) >= 11 is 0. The van der Waals surface area contributed by atoms with Crippen molar-refractivity contribution in [3.63, 3.8) is 0 Å². The Morgan fingerprint density at radius 3 is 2.17 bits per heavy atom. The van der Waals surface area contributed by atoms with Gasteiger partial charge in [-0.15, -0.1) is 0 Å². The van der Waals surface area contributed by atoms with E-state index < -0.39 is 35.8 Å². The summed E-state index contributed by atoms with van der Waals surface area (Å²) in [6.07, 6.45) is 1.93. The van der Waals surface area contributed by atoms with Crippen LogP contribution in [0.25, 0.3) is 10.9 Å². The second kappa shape index (κ2) is 25.7. The number of rotatable bonds is 26. The molecule has 0 radical (unpaired) electrons. The SMILES string of the molecule is CCc1ccc(NC(=O)[C@H](C)NC(=O)[C@@H](NC(=O)CCC(=O)N(CCOCCOCCC(=O)O)C2CCN(C(=O)CCn3c(CN(C)NC)cc4ccccc43)CC2)C(C)C)cc1. The number of ether oxygens (including phenoxy) is 2. The molecule has 0 bridgehead atoms. The van der Waals surface area contributed by atoms with Gasteiger partial charge >= 0.3 is 5.97 Å². The lowest BCUT2D eigenvalue weighted by atomic mass is 10.0. The molecule has 0 spiro atoms. The van der Waals surface area contributed by atoms with Crippen LogP contribution in [0.4, 0.5) is 5.69 Å². The smallest absolute Gasteiger partial charge is 0.305 e. The van der Waals surface area contributed by atoms with Crippen LogP contribution < -0.4 is 21.4 Å². The molecule has 1 aliphatic heterocycles. The summed E-state index contributed by atoms with van der Waals surface area (Å²) in [7, 11) is 3.84. The number of carboxylic acid groups (broad SMARTS) is 1. The first kappa shape index (κ1) is 50.3. The van der Waals surface area contributed by atoms with Crippen LogP contribution >= 0.6 is 0 Å². The van der Waals surface area contributed by atoms with E-state index in [0.717, 1.165) is 28.6 Å². The Morgan fingerprint density at radius 1 is 0.841 bits per heavy atom. The number of hydrogen-bond donors (Lipinski definition) is 5. The van der Waals surface area contributed by atoms with Gasteiger partial charge in [0.1, 0.15) is 12.1 Å². The number of nitrogens with zero attached hydrogens (tertiary/aromatic N) is 4. The summed E-state index contributed by atoms with van der Waals surface area (Å²) in [4.78, 5) is 81.2. The number of aryl methyl sites for hydroxylation is 2. The van der Waals surface area contributed by atoms with E-state index in [0.29, 0.717) is 51.1 Å². The largest absolute Gasteiger partial charge is 0.481 e. The highest BCUT2D eigenvalue weighted by Crippen LogP contribution is 2.23. The molecular weight excluding hydrogens is 809 g/mol. The van der Waals surface area contributed by atoms with Crippen molar-refractivity contribution < 1.29 is 43.3 Å². The molecule has 346 valence electrons. The molecule has 1 fully saturated rings. The van der Waals surface area contributed by atoms with E-state index in [1.807, 2.05) is 55.2 Å². The molecule has 0 unspecified atom stereocenters. The number of likely N-dealkylation sites (tertiary alicyclic amines) is 1. The number of nitrogens with one attached hydrogen (secondary N) is 4. The molecule has 17 nitrogen and oxygen atoms in total. The molecule has 5 amide bonds. The highest BCUT2D eigenvalue weighted by Gasteiger charge is 2.31. The third-order valence-electron chi connectivity index (χ3n) is 11.3. The Balaban J connectivity index is 1.32. The van der Waals surface area contributed by atoms with Crippen LogP contribution in [0.1, 0.15) is 77.5 Å². The van der Waals surface area contributed by atoms with Gasteiger partial charge in [-0.3, -0.25) is 34.2 Å². The maximum absolute atomic E-state index is 13.9. The third-order valence-corrected chi connectivity index (χ3v) is 11.3. The van der Waals surface area contributed by atoms with Crippen LogP contribution in [0.5, 0.6) is 0 Å². The standard InChI is InChI=1S/C46H68N8O9/c1-7-34-12-14-36(15-13-34)49-45(60)33(4)48-46(61)44(32(2)3)50-40(55)16-17-42(57)54(25-27-63-29-28-62-26-21-43(58)59)37-18-22-52(23-19-37)41(56)20-24-53-38(31-51(6)47-5)30-35-10-8-9-11-39(35)53/h8-15,30,32-33,37,44,47H,7,16-29,31H2,1-6H3,(H,48,61)(H,49,60)(H,50,55)(H,58,59)/t33-,44-/m0/s1. The van der Waals surface area contributed by atoms with Crippen molar-refractivity contribution in [1.29, 1.82) is 0 Å². The summed E-state index contributed by atoms with van der Waals surface area (Å²) in [6, 6.07) is 15.8. The monoisotopic (exact) mass is 877 g/mol. The fourth-order valence-corrected chi connectivity index (χ4v) is 7.52. The Kier molecular flexibility index (Phi) is 20.5. The minimum absolute atomic E-state index is 0.0420. The summed E-state index contributed by atoms with van der Waals surface area (Å²) < 4.78 is 13.3. The van der Waals surface area contributed by atoms with Crippen LogP contribution in [-0.2, 0) is 57.8 Å². The maximum atomic E-state index is 13.9. The normalized spacial score (nSPS) is 14.1. The molecular formula is C46H68N8O9. The van der Waals surface area contributed by atoms with Gasteiger partial charge in [0.25, 0.3) is 0 Å². The molecule has 0 aliphatic carbocycles. The van der Waals surface area contributed by atoms with Crippen molar-refractivity contribution in [3.05, 3.63) is 65.9 Å². The van der Waals surface area contributed by atoms with Crippen LogP contribution in [0, 0.1) is 5.92 Å². The molecule has 2 aromatic carbocycles. The van der Waals surface area contributed by atoms with Crippen molar-refractivity contribution in [2.24, 2.45) is 5.92 Å². The van der Waals surface area contributed by atoms with Gasteiger partial charge in [-0.2, -0.15) is 0 Å². The zero-order valence-corrected chi connectivity index (χ0v) is 37.8. The minimum atomic E-state index is -0.949. The number of piperidine rings is 1. The Labute approximate surface area is 371 Å². The molecule has 1 saturated heterocycles. The fraction of sp³-hybridized carbons (Fsp3) is 0.565. The Hall–Kier alpha value is -5.36. The highest BCUT2D eigenvalue weighted by molar-refractivity contribution is 5.98. The minimum Gasteiger partial charge on any atom is -0.481 e. The number of benzene rings is 2. The topological polar surface area (TPSA) is 204 Å². The molecule has 4 rings (SSSR count). The first-order valence-corrected chi connectivity index (χ1v) is 22.1. The number of anilines is 1. The number of hydrogen-bond acceptors (Lipinski definition) is 10. The molecule has 2 heterocycles. The average Bonchev–Trinajstić information content (AvgIpc) is 3.62. The molecule has 0 saturated carbocycles. The van der Waals surface area contributed by atoms with Gasteiger partial charge in [0.15, 0.2) is 0 Å². The maximum Gasteiger partial charge on any atom is 0.305 e. The molecule has 63 heavy (non-hydrogen) atoms. The molecule has 3 aromatic rings. The van der Waals surface area contributed by atoms with E-state index in [1.165, 1.54) is 0 Å². The van der Waals surface area contributed by atoms with E-state index >= 15 is 0 Å². The molecule has 1 aromatic heterocycles. The van der Waals surface area contributed by atoms with Crippen LogP contribution in [0.2, 0.25) is 0 Å². The van der Waals surface area contributed by atoms with Crippen LogP contribution in [-0.4, -0.2) is 138 Å². The van der Waals surface area contributed by atoms with Gasteiger partial charge in [0, 0.05) is 75.4 Å². The summed E-state index contributed by atoms with van der Waals surface area (Å²) in [5, 5.41) is 20.2. The number of fused-ring (bicyclic) bond motifs is 1. The lowest BCUT2D eigenvalue weighted by Crippen LogP contribution is -2.54. The third kappa shape index (κ3) is 16.1. The van der Waals surface area contributed by atoms with Gasteiger partial charge in [0.05, 0.1) is 39.4 Å². The van der Waals surface area contributed by atoms with Crippen molar-refractivity contribution in [1.82, 2.24) is 35.4 Å². The lowest BCUT2D eigenvalue weighted by Gasteiger charge is -2.39. The quantitative estimate of drug-likeness (QED) is 0.0583. The molecule has 17 heteroatoms. The molecule has 2 atom stereocenters. The van der Waals surface area contributed by atoms with E-state index in [9.17, 15) is 28.8 Å². The fourth-order valence-electron chi connectivity index (χ4n) is 7.52. The first-order valence-electron chi connectivity index (χ1n) is 22.1. The number of hydrazine groups is 1. The summed E-state index contributed by atoms with van der Waals surface area (Å²) in [5.41, 5.74) is 7.06. The van der Waals surface area contributed by atoms with Crippen LogP contribution in [0.15, 0.2) is 54.6 Å². The van der Waals surface area contributed by atoms with E-state index in [4.69, 9.17) is 14.6 Å². The van der Waals surface area contributed by atoms with Gasteiger partial charge in [-0.25, -0.2) is 5.01 Å². The lowest BCUT2D eigenvalue weighted by molar-refractivity contribution is -0.139. The second-order valence-electron chi connectivity index (χ2n) is 16.3. The van der Waals surface area contributed by atoms with E-state index in [-0.39, 0.29) is 76.0 Å². The first-order chi connectivity index (χ1) is 30.2. The Morgan fingerprint density at radius 2 is 1.52 bits per heavy atom. The Bertz CT molecular complexity index is 1960. The summed E-state index contributed by atoms with van der Waals surface area (Å²) in [5.74, 6) is -2.85. The van der Waals surface area contributed by atoms with E-state index in [1.54, 1.807) is 37.8 Å². The number of aliphatic carboxylic acids is 1. The highest BCUT2D eigenvalue weighted by atomic mass is 16.5. The number of carbonyl (C=O) groups excluding carboxylic acids is 5. The predicted octanol–water partition coefficient (Wildman–Crippen LogP) is 3.55. The molecule has 1 aliphatic rings. The number of amides is 5. The van der Waals surface area contributed by atoms with Gasteiger partial charge in [-0.1, -0.05) is 51.1 Å². The van der Waals surface area contributed by atoms with Gasteiger partial charge < -0.3 is 44.9 Å². The van der Waals surface area contributed by atoms with Gasteiger partial charge in [0.2, 0.25) is 29.5 Å². The number of carbonyl (C=O) groups is 6. The number of aromatic nitrogens is 1. The zero-order valence-electron chi connectivity index (χ0n) is 37.8. The second-order valence-corrected chi connectivity index (χ2v) is 16.3. The van der Waals surface area contributed by atoms with Crippen molar-refractivity contribution in [3.8, 4) is 0 Å². The number of carboxylic acids is 1. The van der Waals surface area contributed by atoms with Crippen molar-refractivity contribution >= 4 is 52.1 Å². The summed E-state index contributed by atoms with van der Waals surface area (Å²) in [6.45, 7) is 10.3. The van der Waals surface area contributed by atoms with E-state index in [2.05, 4.69) is 44.1 Å². The average molecular weight is 877 g/mol.